The highest BCUT2D eigenvalue weighted by atomic mass is 33.1. The number of nitrogens with two attached hydrogens (primary N) is 6. The number of H-pyrrole nitrogens is 1. The molecule has 2 bridgehead atoms. The van der Waals surface area contributed by atoms with Crippen LogP contribution in [-0.2, 0) is 68.7 Å². The Kier molecular flexibility index (Phi) is 29.5. The number of aromatic amines is 1. The number of primary amides is 1. The zero-order valence-electron chi connectivity index (χ0n) is 49.4. The lowest BCUT2D eigenvalue weighted by molar-refractivity contribution is -0.146. The van der Waals surface area contributed by atoms with Crippen molar-refractivity contribution in [3.8, 4) is 0 Å². The van der Waals surface area contributed by atoms with Crippen LogP contribution in [0.2, 0.25) is 0 Å². The van der Waals surface area contributed by atoms with Crippen LogP contribution < -0.4 is 87.6 Å². The summed E-state index contributed by atoms with van der Waals surface area (Å²) in [6.07, 6.45) is -1.34. The maximum absolute atomic E-state index is 14.6. The molecule has 39 heteroatoms. The second-order valence-electron chi connectivity index (χ2n) is 21.0. The second kappa shape index (κ2) is 36.5. The smallest absolute Gasteiger partial charge is 0.305 e. The maximum Gasteiger partial charge on any atom is 0.305 e. The molecule has 0 aliphatic carbocycles. The lowest BCUT2D eigenvalue weighted by atomic mass is 10.1. The topological polar surface area (TPSA) is 583 Å². The van der Waals surface area contributed by atoms with Crippen LogP contribution in [0.15, 0.2) is 40.3 Å². The Morgan fingerprint density at radius 3 is 1.75 bits per heavy atom. The fourth-order valence-electron chi connectivity index (χ4n) is 9.33. The van der Waals surface area contributed by atoms with Gasteiger partial charge in [-0.2, -0.15) is 0 Å². The van der Waals surface area contributed by atoms with Gasteiger partial charge in [-0.25, -0.2) is 0 Å². The second-order valence-corrected chi connectivity index (χ2v) is 26.1. The lowest BCUT2D eigenvalue weighted by Crippen LogP contribution is -2.61. The number of fused-ring (bicyclic) bond motifs is 10. The van der Waals surface area contributed by atoms with E-state index >= 15 is 0 Å². The number of hydrogen-bond donors (Lipinski definition) is 19. The number of carboxylic acids is 1. The molecule has 11 atom stereocenters. The number of para-hydroxylation sites is 1. The number of benzene rings is 1. The summed E-state index contributed by atoms with van der Waals surface area (Å²) >= 11 is 0. The molecule has 5 rings (SSSR count). The lowest BCUT2D eigenvalue weighted by Gasteiger charge is -2.30. The zero-order valence-corrected chi connectivity index (χ0v) is 52.7. The van der Waals surface area contributed by atoms with Crippen LogP contribution in [0.4, 0.5) is 0 Å². The number of carbonyl (C=O) groups is 13. The minimum absolute atomic E-state index is 0.0126. The summed E-state index contributed by atoms with van der Waals surface area (Å²) in [6.45, 7) is -0.727. The van der Waals surface area contributed by atoms with Gasteiger partial charge in [-0.3, -0.25) is 72.3 Å². The van der Waals surface area contributed by atoms with E-state index in [4.69, 9.17) is 34.4 Å². The molecule has 3 aliphatic heterocycles. The molecule has 3 aliphatic rings. The van der Waals surface area contributed by atoms with Gasteiger partial charge in [0.05, 0.1) is 19.6 Å². The first-order valence-electron chi connectivity index (χ1n) is 28.6. The van der Waals surface area contributed by atoms with Crippen molar-refractivity contribution in [3.05, 3.63) is 36.0 Å². The summed E-state index contributed by atoms with van der Waals surface area (Å²) in [7, 11) is 3.46. The Morgan fingerprint density at radius 2 is 1.15 bits per heavy atom. The third-order valence-corrected chi connectivity index (χ3v) is 18.9. The number of guanidine groups is 2. The number of aliphatic carboxylic acids is 1. The number of aliphatic imine (C=N–C) groups is 2. The Morgan fingerprint density at radius 1 is 0.626 bits per heavy atom. The van der Waals surface area contributed by atoms with Crippen LogP contribution in [0.1, 0.15) is 57.6 Å². The largest absolute Gasteiger partial charge is 0.481 e. The average molecular weight is 1350 g/mol. The first-order chi connectivity index (χ1) is 43.3. The quantitative estimate of drug-likeness (QED) is 0.0321. The van der Waals surface area contributed by atoms with Crippen molar-refractivity contribution in [2.24, 2.45) is 44.4 Å². The van der Waals surface area contributed by atoms with E-state index in [9.17, 15) is 72.5 Å². The van der Waals surface area contributed by atoms with Crippen LogP contribution in [0, 0.1) is 0 Å². The molecule has 0 saturated carbocycles. The summed E-state index contributed by atoms with van der Waals surface area (Å²) in [6, 6.07) is -8.68. The van der Waals surface area contributed by atoms with Crippen LogP contribution in [0.25, 0.3) is 10.9 Å². The third-order valence-electron chi connectivity index (χ3n) is 14.1. The van der Waals surface area contributed by atoms with Gasteiger partial charge in [-0.1, -0.05) is 61.4 Å². The van der Waals surface area contributed by atoms with Crippen molar-refractivity contribution in [3.63, 3.8) is 0 Å². The van der Waals surface area contributed by atoms with Crippen LogP contribution in [0.5, 0.6) is 0 Å². The highest BCUT2D eigenvalue weighted by molar-refractivity contribution is 8.77. The van der Waals surface area contributed by atoms with E-state index in [1.807, 2.05) is 0 Å². The van der Waals surface area contributed by atoms with E-state index in [0.717, 1.165) is 53.5 Å². The Hall–Kier alpha value is -8.27. The molecule has 500 valence electrons. The Labute approximate surface area is 536 Å². The highest BCUT2D eigenvalue weighted by Crippen LogP contribution is 2.26. The minimum atomic E-state index is -1.94. The molecule has 35 nitrogen and oxygen atoms in total. The molecule has 1 aromatic heterocycles. The number of nitrogens with one attached hydrogen (secondary N) is 11. The summed E-state index contributed by atoms with van der Waals surface area (Å²) in [5, 5.41) is 46.3. The fraction of sp³-hybridized carbons (Fsp3) is 0.558. The van der Waals surface area contributed by atoms with E-state index in [-0.39, 0.29) is 93.8 Å². The van der Waals surface area contributed by atoms with E-state index in [0.29, 0.717) is 11.2 Å². The molecule has 25 N–H and O–H groups in total. The van der Waals surface area contributed by atoms with E-state index < -0.39 is 169 Å². The summed E-state index contributed by atoms with van der Waals surface area (Å²) in [5.41, 5.74) is 34.7. The highest BCUT2D eigenvalue weighted by Gasteiger charge is 2.42. The number of nitrogens with zero attached hydrogens (tertiary/aromatic N) is 3. The number of carboxylic acid groups (broad SMARTS) is 1. The van der Waals surface area contributed by atoms with Gasteiger partial charge in [0, 0.05) is 60.3 Å². The molecule has 2 aromatic rings. The summed E-state index contributed by atoms with van der Waals surface area (Å²) in [4.78, 5) is 194. The first-order valence-corrected chi connectivity index (χ1v) is 33.6. The number of rotatable bonds is 16. The number of carbonyl (C=O) groups excluding carboxylic acids is 12. The number of amides is 12. The molecule has 3 fully saturated rings. The number of hydrogen-bond acceptors (Lipinski definition) is 21. The SMILES string of the molecule is C[C@@H]1NC(=O)[C@@H]2CSSC[C@H](NC(=O)CN)C(=O)N[C@@H](CSSC[C@@H](C(N)=O)NC(=O)[C@H](CCCN=C(N)N)NC(=O)[C@H](Cc3cc4ccccc4[nH]3)NC1=O)C(=O)N[C@@H](CO)C(=O)N[C@@H](CC(=O)O)C(=O)N1CCCC1C(=O)N[C@@H](CCCN=C(N)N)C(=O)N2. The van der Waals surface area contributed by atoms with Crippen LogP contribution >= 0.6 is 43.2 Å². The van der Waals surface area contributed by atoms with E-state index in [1.165, 1.54) is 6.92 Å². The van der Waals surface area contributed by atoms with Gasteiger partial charge < -0.3 is 108 Å². The average Bonchev–Trinajstić information content (AvgIpc) is 2.00. The number of aliphatic hydroxyl groups excluding tert-OH is 1. The molecular formula is C52H78N20O15S4. The molecule has 0 spiro atoms. The predicted octanol–water partition coefficient (Wildman–Crippen LogP) is -7.62. The number of aromatic nitrogens is 1. The maximum atomic E-state index is 14.6. The third kappa shape index (κ3) is 23.5. The van der Waals surface area contributed by atoms with Gasteiger partial charge in [-0.05, 0) is 63.0 Å². The molecule has 1 aromatic carbocycles. The molecule has 0 radical (unpaired) electrons. The van der Waals surface area contributed by atoms with Gasteiger partial charge >= 0.3 is 5.97 Å². The van der Waals surface area contributed by atoms with Crippen molar-refractivity contribution in [1.29, 1.82) is 0 Å². The van der Waals surface area contributed by atoms with Crippen molar-refractivity contribution in [1.82, 2.24) is 63.1 Å². The zero-order chi connectivity index (χ0) is 66.9. The predicted molar refractivity (Wildman–Crippen MR) is 339 cm³/mol. The van der Waals surface area contributed by atoms with Gasteiger partial charge in [0.25, 0.3) is 0 Å². The van der Waals surface area contributed by atoms with Crippen molar-refractivity contribution < 1.29 is 72.5 Å². The van der Waals surface area contributed by atoms with E-state index in [1.54, 1.807) is 30.3 Å². The van der Waals surface area contributed by atoms with Crippen LogP contribution in [0.3, 0.4) is 0 Å². The molecular weight excluding hydrogens is 1270 g/mol. The fourth-order valence-corrected chi connectivity index (χ4v) is 14.0. The first kappa shape index (κ1) is 73.5. The monoisotopic (exact) mass is 1350 g/mol. The van der Waals surface area contributed by atoms with Gasteiger partial charge in [0.15, 0.2) is 11.9 Å². The summed E-state index contributed by atoms with van der Waals surface area (Å²) in [5.74, 6) is -15.7. The normalized spacial score (nSPS) is 26.1. The molecule has 91 heavy (non-hydrogen) atoms. The van der Waals surface area contributed by atoms with E-state index in [2.05, 4.69) is 68.1 Å². The number of aliphatic hydroxyl groups is 1. The summed E-state index contributed by atoms with van der Waals surface area (Å²) < 4.78 is 0. The van der Waals surface area contributed by atoms with Gasteiger partial charge in [0.2, 0.25) is 70.9 Å². The van der Waals surface area contributed by atoms with Crippen LogP contribution in [-0.4, -0.2) is 231 Å². The Bertz CT molecular complexity index is 3010. The standard InChI is InChI=1S/C52H78N20O15S4/c1-24-41(78)66-30(16-26-15-25-7-2-3-8-27(25)62-26)44(81)64-28(9-4-12-59-51(55)56)42(79)69-33(40(54)77)20-88-90-23-36-48(85)68-32(19-73)45(82)67-31(17-39(75)76)50(87)72-14-6-11-37(72)49(86)65-29(10-5-13-60-52(57)58)43(80)70-35(46(83)61-24)22-91-89-21-34(47(84)71-36)63-38(74)18-53/h2-3,7-8,15,24,28-37,62,73H,4-6,9-14,16-23,53H2,1H3,(H2,54,77)(H,61,83)(H,63,74)(H,64,81)(H,65,86)(H,66,78)(H,67,82)(H,68,85)(H,69,79)(H,70,80)(H,71,84)(H,75,76)(H4,55,56,59)(H4,57,58,60)/t24-,28-,29-,30-,31-,32-,33-,34-,35-,36-,37?/m0/s1. The molecule has 4 heterocycles. The molecule has 3 saturated heterocycles. The minimum Gasteiger partial charge on any atom is -0.481 e. The van der Waals surface area contributed by atoms with Crippen molar-refractivity contribution in [2.75, 3.05) is 55.8 Å². The molecule has 12 amide bonds. The Balaban J connectivity index is 1.65. The van der Waals surface area contributed by atoms with Gasteiger partial charge in [0.1, 0.15) is 66.5 Å². The van der Waals surface area contributed by atoms with Gasteiger partial charge in [-0.15, -0.1) is 0 Å². The van der Waals surface area contributed by atoms with Crippen molar-refractivity contribution in [2.45, 2.75) is 125 Å². The molecule has 1 unspecified atom stereocenters. The van der Waals surface area contributed by atoms with Crippen molar-refractivity contribution >= 4 is 143 Å².